The number of anilines is 2. The van der Waals surface area contributed by atoms with E-state index < -0.39 is 11.7 Å². The first-order chi connectivity index (χ1) is 9.45. The third-order valence-corrected chi connectivity index (χ3v) is 2.46. The van der Waals surface area contributed by atoms with Gasteiger partial charge in [0.25, 0.3) is 0 Å². The van der Waals surface area contributed by atoms with Crippen LogP contribution in [0.2, 0.25) is 0 Å². The minimum atomic E-state index is -4.39. The Balaban J connectivity index is 2.05. The van der Waals surface area contributed by atoms with Crippen LogP contribution in [0.25, 0.3) is 0 Å². The average Bonchev–Trinajstić information content (AvgIpc) is 2.39. The monoisotopic (exact) mass is 298 g/mol. The molecule has 0 atom stereocenters. The Morgan fingerprint density at radius 1 is 1.15 bits per heavy atom. The summed E-state index contributed by atoms with van der Waals surface area (Å²) < 4.78 is 37.7. The lowest BCUT2D eigenvalue weighted by molar-refractivity contribution is -0.137. The molecule has 1 aromatic heterocycles. The lowest BCUT2D eigenvalue weighted by Gasteiger charge is -2.12. The molecule has 0 radical (unpaired) electrons. The number of thiocarbonyl (C=S) groups is 1. The molecule has 4 nitrogen and oxygen atoms in total. The number of alkyl halides is 3. The van der Waals surface area contributed by atoms with Crippen molar-refractivity contribution in [2.45, 2.75) is 6.18 Å². The normalized spacial score (nSPS) is 10.9. The smallest absolute Gasteiger partial charge is 0.332 e. The minimum absolute atomic E-state index is 0.129. The van der Waals surface area contributed by atoms with Gasteiger partial charge in [0.1, 0.15) is 0 Å². The van der Waals surface area contributed by atoms with Crippen LogP contribution in [0, 0.1) is 0 Å². The van der Waals surface area contributed by atoms with E-state index in [1.807, 2.05) is 0 Å². The van der Waals surface area contributed by atoms with Gasteiger partial charge < -0.3 is 10.6 Å². The number of hydrogen-bond donors (Lipinski definition) is 2. The molecule has 2 N–H and O–H groups in total. The van der Waals surface area contributed by atoms with Crippen LogP contribution >= 0.6 is 12.2 Å². The molecule has 1 heterocycles. The maximum Gasteiger partial charge on any atom is 0.416 e. The first-order valence-electron chi connectivity index (χ1n) is 5.46. The third kappa shape index (κ3) is 3.89. The second kappa shape index (κ2) is 5.83. The van der Waals surface area contributed by atoms with Crippen LogP contribution < -0.4 is 10.6 Å². The van der Waals surface area contributed by atoms with E-state index in [0.717, 1.165) is 12.1 Å². The average molecular weight is 298 g/mol. The topological polar surface area (TPSA) is 49.8 Å². The predicted octanol–water partition coefficient (Wildman–Crippen LogP) is 3.30. The van der Waals surface area contributed by atoms with Crippen molar-refractivity contribution >= 4 is 28.8 Å². The van der Waals surface area contributed by atoms with Gasteiger partial charge in [-0.05, 0) is 30.4 Å². The maximum absolute atomic E-state index is 12.6. The summed E-state index contributed by atoms with van der Waals surface area (Å²) in [7, 11) is 0. The molecule has 0 amide bonds. The van der Waals surface area contributed by atoms with Gasteiger partial charge in [-0.25, -0.2) is 4.98 Å². The van der Waals surface area contributed by atoms with Gasteiger partial charge in [0.05, 0.1) is 11.8 Å². The number of hydrogen-bond acceptors (Lipinski definition) is 3. The van der Waals surface area contributed by atoms with Crippen molar-refractivity contribution in [2.24, 2.45) is 0 Å². The summed E-state index contributed by atoms with van der Waals surface area (Å²) in [6, 6.07) is 4.75. The second-order valence-corrected chi connectivity index (χ2v) is 4.16. The van der Waals surface area contributed by atoms with Gasteiger partial charge in [0.15, 0.2) is 10.9 Å². The first-order valence-corrected chi connectivity index (χ1v) is 5.87. The first kappa shape index (κ1) is 14.2. The Hall–Kier alpha value is -2.22. The standard InChI is InChI=1S/C12H9F3N4S/c13-12(14,15)8-2-1-3-9(6-8)18-11(20)19-10-7-16-4-5-17-10/h1-7H,(H2,17,18,19,20). The molecule has 0 aliphatic heterocycles. The number of nitrogens with zero attached hydrogens (tertiary/aromatic N) is 2. The zero-order valence-corrected chi connectivity index (χ0v) is 10.8. The van der Waals surface area contributed by atoms with Gasteiger partial charge in [0.2, 0.25) is 0 Å². The van der Waals surface area contributed by atoms with E-state index in [9.17, 15) is 13.2 Å². The van der Waals surface area contributed by atoms with E-state index in [2.05, 4.69) is 20.6 Å². The highest BCUT2D eigenvalue weighted by Gasteiger charge is 2.30. The van der Waals surface area contributed by atoms with Crippen LogP contribution in [-0.4, -0.2) is 15.1 Å². The zero-order valence-electron chi connectivity index (χ0n) is 9.98. The molecule has 104 valence electrons. The van der Waals surface area contributed by atoms with Crippen LogP contribution in [0.5, 0.6) is 0 Å². The molecule has 0 saturated carbocycles. The van der Waals surface area contributed by atoms with Gasteiger partial charge in [-0.3, -0.25) is 4.98 Å². The van der Waals surface area contributed by atoms with Crippen molar-refractivity contribution in [3.8, 4) is 0 Å². The van der Waals surface area contributed by atoms with E-state index in [4.69, 9.17) is 12.2 Å². The van der Waals surface area contributed by atoms with Crippen LogP contribution in [-0.2, 0) is 6.18 Å². The fourth-order valence-corrected chi connectivity index (χ4v) is 1.64. The molecule has 0 fully saturated rings. The highest BCUT2D eigenvalue weighted by molar-refractivity contribution is 7.80. The minimum Gasteiger partial charge on any atom is -0.332 e. The number of aromatic nitrogens is 2. The molecule has 0 saturated heterocycles. The van der Waals surface area contributed by atoms with Gasteiger partial charge in [0, 0.05) is 18.1 Å². The third-order valence-electron chi connectivity index (χ3n) is 2.25. The SMILES string of the molecule is FC(F)(F)c1cccc(NC(=S)Nc2cnccn2)c1. The van der Waals surface area contributed by atoms with E-state index in [0.29, 0.717) is 5.82 Å². The Kier molecular flexibility index (Phi) is 4.14. The Morgan fingerprint density at radius 2 is 1.95 bits per heavy atom. The molecule has 0 aliphatic carbocycles. The molecule has 0 bridgehead atoms. The highest BCUT2D eigenvalue weighted by Crippen LogP contribution is 2.30. The number of benzene rings is 1. The van der Waals surface area contributed by atoms with Crippen molar-refractivity contribution in [2.75, 3.05) is 10.6 Å². The molecule has 20 heavy (non-hydrogen) atoms. The summed E-state index contributed by atoms with van der Waals surface area (Å²) in [6.45, 7) is 0. The van der Waals surface area contributed by atoms with Gasteiger partial charge in [-0.15, -0.1) is 0 Å². The van der Waals surface area contributed by atoms with Crippen LogP contribution in [0.3, 0.4) is 0 Å². The Labute approximate surface area is 118 Å². The fourth-order valence-electron chi connectivity index (χ4n) is 1.42. The summed E-state index contributed by atoms with van der Waals surface area (Å²) in [6.07, 6.45) is 0.0153. The second-order valence-electron chi connectivity index (χ2n) is 3.75. The molecular formula is C12H9F3N4S. The number of halogens is 3. The molecule has 2 rings (SSSR count). The van der Waals surface area contributed by atoms with Crippen molar-refractivity contribution in [1.82, 2.24) is 9.97 Å². The largest absolute Gasteiger partial charge is 0.416 e. The lowest BCUT2D eigenvalue weighted by atomic mass is 10.2. The summed E-state index contributed by atoms with van der Waals surface area (Å²) >= 11 is 4.98. The van der Waals surface area contributed by atoms with Gasteiger partial charge in [-0.1, -0.05) is 6.07 Å². The quantitative estimate of drug-likeness (QED) is 0.833. The van der Waals surface area contributed by atoms with Crippen LogP contribution in [0.4, 0.5) is 24.7 Å². The van der Waals surface area contributed by atoms with Crippen LogP contribution in [0.15, 0.2) is 42.9 Å². The number of nitrogens with one attached hydrogen (secondary N) is 2. The number of rotatable bonds is 2. The van der Waals surface area contributed by atoms with E-state index in [1.165, 1.54) is 30.7 Å². The van der Waals surface area contributed by atoms with Gasteiger partial charge >= 0.3 is 6.18 Å². The van der Waals surface area contributed by atoms with Crippen molar-refractivity contribution in [1.29, 1.82) is 0 Å². The summed E-state index contributed by atoms with van der Waals surface area (Å²) in [5.74, 6) is 0.400. The zero-order chi connectivity index (χ0) is 14.6. The highest BCUT2D eigenvalue weighted by atomic mass is 32.1. The van der Waals surface area contributed by atoms with Crippen molar-refractivity contribution in [3.63, 3.8) is 0 Å². The summed E-state index contributed by atoms with van der Waals surface area (Å²) in [5, 5.41) is 5.50. The maximum atomic E-state index is 12.6. The molecule has 0 unspecified atom stereocenters. The Morgan fingerprint density at radius 3 is 2.60 bits per heavy atom. The van der Waals surface area contributed by atoms with Crippen molar-refractivity contribution < 1.29 is 13.2 Å². The fraction of sp³-hybridized carbons (Fsp3) is 0.0833. The van der Waals surface area contributed by atoms with Gasteiger partial charge in [-0.2, -0.15) is 13.2 Å². The Bertz CT molecular complexity index is 601. The molecular weight excluding hydrogens is 289 g/mol. The molecule has 1 aromatic carbocycles. The van der Waals surface area contributed by atoms with E-state index in [-0.39, 0.29) is 10.8 Å². The predicted molar refractivity (Wildman–Crippen MR) is 73.3 cm³/mol. The van der Waals surface area contributed by atoms with E-state index >= 15 is 0 Å². The summed E-state index contributed by atoms with van der Waals surface area (Å²) in [5.41, 5.74) is -0.508. The lowest BCUT2D eigenvalue weighted by Crippen LogP contribution is -2.20. The van der Waals surface area contributed by atoms with E-state index in [1.54, 1.807) is 0 Å². The van der Waals surface area contributed by atoms with Crippen molar-refractivity contribution in [3.05, 3.63) is 48.4 Å². The molecule has 0 aliphatic rings. The van der Waals surface area contributed by atoms with Crippen LogP contribution in [0.1, 0.15) is 5.56 Å². The molecule has 8 heteroatoms. The molecule has 0 spiro atoms. The molecule has 2 aromatic rings. The summed E-state index contributed by atoms with van der Waals surface area (Å²) in [4.78, 5) is 7.77.